The number of carboxylic acids is 1. The maximum Gasteiger partial charge on any atom is 0.490 e. The number of nitrogens with zero attached hydrogens (tertiary/aromatic N) is 2. The number of halogens is 3. The number of sulfonamides is 1. The largest absolute Gasteiger partial charge is 0.490 e. The van der Waals surface area contributed by atoms with Crippen LogP contribution in [0.5, 0.6) is 0 Å². The monoisotopic (exact) mass is 557 g/mol. The number of hydrogen-bond donors (Lipinski definition) is 2. The Balaban J connectivity index is 0.000000638. The molecule has 12 heteroatoms. The first-order valence-electron chi connectivity index (χ1n) is 12.1. The van der Waals surface area contributed by atoms with Crippen LogP contribution in [0.15, 0.2) is 47.4 Å². The van der Waals surface area contributed by atoms with Gasteiger partial charge in [-0.15, -0.1) is 0 Å². The predicted molar refractivity (Wildman–Crippen MR) is 137 cm³/mol. The lowest BCUT2D eigenvalue weighted by Crippen LogP contribution is -2.47. The zero-order chi connectivity index (χ0) is 28.5. The highest BCUT2D eigenvalue weighted by atomic mass is 32.2. The number of rotatable bonds is 8. The van der Waals surface area contributed by atoms with Crippen LogP contribution in [0.4, 0.5) is 13.2 Å². The number of carbonyl (C=O) groups is 2. The van der Waals surface area contributed by atoms with Crippen molar-refractivity contribution >= 4 is 21.9 Å². The summed E-state index contributed by atoms with van der Waals surface area (Å²) in [6, 6.07) is 13.7. The van der Waals surface area contributed by atoms with Gasteiger partial charge in [0, 0.05) is 45.7 Å². The van der Waals surface area contributed by atoms with Crippen LogP contribution >= 0.6 is 0 Å². The molecule has 0 bridgehead atoms. The SMILES string of the molecule is Cc1cc(C)c(S(=O)(=O)N(CCC(=O)N2CCNCC2)CCc2ccccc2)c(C)c1.O=C(O)C(F)(F)F. The fourth-order valence-corrected chi connectivity index (χ4v) is 6.10. The number of aliphatic carboxylic acids is 1. The molecule has 210 valence electrons. The summed E-state index contributed by atoms with van der Waals surface area (Å²) in [4.78, 5) is 23.8. The minimum absolute atomic E-state index is 0.0127. The molecule has 0 unspecified atom stereocenters. The average Bonchev–Trinajstić information content (AvgIpc) is 2.83. The number of piperazine rings is 1. The van der Waals surface area contributed by atoms with Crippen molar-refractivity contribution in [3.05, 3.63) is 64.7 Å². The minimum Gasteiger partial charge on any atom is -0.475 e. The smallest absolute Gasteiger partial charge is 0.475 e. The van der Waals surface area contributed by atoms with Gasteiger partial charge < -0.3 is 15.3 Å². The van der Waals surface area contributed by atoms with E-state index in [9.17, 15) is 26.4 Å². The van der Waals surface area contributed by atoms with Crippen LogP contribution in [0.3, 0.4) is 0 Å². The normalized spacial score (nSPS) is 14.1. The summed E-state index contributed by atoms with van der Waals surface area (Å²) in [5.41, 5.74) is 3.61. The van der Waals surface area contributed by atoms with Gasteiger partial charge in [-0.1, -0.05) is 48.0 Å². The molecular weight excluding hydrogens is 523 g/mol. The number of hydrogen-bond acceptors (Lipinski definition) is 5. The molecule has 1 aliphatic heterocycles. The molecule has 0 saturated carbocycles. The number of aryl methyl sites for hydroxylation is 3. The van der Waals surface area contributed by atoms with Crippen molar-refractivity contribution in [1.29, 1.82) is 0 Å². The topological polar surface area (TPSA) is 107 Å². The van der Waals surface area contributed by atoms with Crippen molar-refractivity contribution in [1.82, 2.24) is 14.5 Å². The lowest BCUT2D eigenvalue weighted by Gasteiger charge is -2.29. The zero-order valence-electron chi connectivity index (χ0n) is 21.7. The molecule has 3 rings (SSSR count). The highest BCUT2D eigenvalue weighted by molar-refractivity contribution is 7.89. The molecule has 0 aliphatic carbocycles. The lowest BCUT2D eigenvalue weighted by molar-refractivity contribution is -0.192. The molecular formula is C26H34F3N3O5S. The van der Waals surface area contributed by atoms with Gasteiger partial charge in [-0.2, -0.15) is 17.5 Å². The Hall–Kier alpha value is -2.96. The molecule has 2 N–H and O–H groups in total. The summed E-state index contributed by atoms with van der Waals surface area (Å²) in [6.45, 7) is 9.08. The number of alkyl halides is 3. The molecule has 1 fully saturated rings. The van der Waals surface area contributed by atoms with E-state index in [1.807, 2.05) is 68.1 Å². The zero-order valence-corrected chi connectivity index (χ0v) is 22.5. The van der Waals surface area contributed by atoms with E-state index >= 15 is 0 Å². The first-order valence-corrected chi connectivity index (χ1v) is 13.6. The van der Waals surface area contributed by atoms with E-state index in [2.05, 4.69) is 5.32 Å². The second-order valence-corrected chi connectivity index (χ2v) is 10.9. The van der Waals surface area contributed by atoms with Crippen molar-refractivity contribution in [2.75, 3.05) is 39.3 Å². The standard InChI is InChI=1S/C24H33N3O3S.C2HF3O2/c1-19-17-20(2)24(21(3)18-19)31(29,30)27(13-9-22-7-5-4-6-8-22)14-10-23(28)26-15-11-25-12-16-26;3-2(4,5)1(6)7/h4-8,17-18,25H,9-16H2,1-3H3;(H,6,7). The van der Waals surface area contributed by atoms with E-state index in [1.165, 1.54) is 4.31 Å². The first kappa shape index (κ1) is 31.3. The predicted octanol–water partition coefficient (Wildman–Crippen LogP) is 3.30. The van der Waals surface area contributed by atoms with Gasteiger partial charge >= 0.3 is 12.1 Å². The second kappa shape index (κ2) is 13.7. The maximum absolute atomic E-state index is 13.7. The molecule has 1 aliphatic rings. The Kier molecular flexibility index (Phi) is 11.3. The van der Waals surface area contributed by atoms with Crippen LogP contribution in [-0.2, 0) is 26.0 Å². The van der Waals surface area contributed by atoms with Gasteiger partial charge in [0.2, 0.25) is 15.9 Å². The third-order valence-electron chi connectivity index (χ3n) is 5.98. The first-order chi connectivity index (χ1) is 17.7. The number of carboxylic acid groups (broad SMARTS) is 1. The Morgan fingerprint density at radius 2 is 1.53 bits per heavy atom. The molecule has 0 aromatic heterocycles. The fourth-order valence-electron chi connectivity index (χ4n) is 4.25. The van der Waals surface area contributed by atoms with Gasteiger partial charge in [0.15, 0.2) is 0 Å². The van der Waals surface area contributed by atoms with Crippen molar-refractivity contribution in [2.24, 2.45) is 0 Å². The van der Waals surface area contributed by atoms with E-state index in [0.29, 0.717) is 31.0 Å². The summed E-state index contributed by atoms with van der Waals surface area (Å²) in [6.07, 6.45) is -4.29. The van der Waals surface area contributed by atoms with E-state index in [1.54, 1.807) is 0 Å². The van der Waals surface area contributed by atoms with E-state index in [4.69, 9.17) is 9.90 Å². The second-order valence-electron chi connectivity index (χ2n) is 9.05. The molecule has 1 saturated heterocycles. The summed E-state index contributed by atoms with van der Waals surface area (Å²) in [5.74, 6) is -2.74. The van der Waals surface area contributed by atoms with Gasteiger partial charge in [0.1, 0.15) is 0 Å². The quantitative estimate of drug-likeness (QED) is 0.516. The molecule has 8 nitrogen and oxygen atoms in total. The van der Waals surface area contributed by atoms with Gasteiger partial charge in [0.25, 0.3) is 0 Å². The van der Waals surface area contributed by atoms with Crippen LogP contribution in [0, 0.1) is 20.8 Å². The summed E-state index contributed by atoms with van der Waals surface area (Å²) in [7, 11) is -3.73. The fraction of sp³-hybridized carbons (Fsp3) is 0.462. The lowest BCUT2D eigenvalue weighted by atomic mass is 10.1. The van der Waals surface area contributed by atoms with Crippen molar-refractivity contribution in [3.8, 4) is 0 Å². The number of nitrogens with one attached hydrogen (secondary N) is 1. The summed E-state index contributed by atoms with van der Waals surface area (Å²) >= 11 is 0. The molecule has 0 spiro atoms. The summed E-state index contributed by atoms with van der Waals surface area (Å²) < 4.78 is 60.6. The number of benzene rings is 2. The Bertz CT molecular complexity index is 1180. The van der Waals surface area contributed by atoms with Crippen LogP contribution < -0.4 is 5.32 Å². The Labute approximate surface area is 221 Å². The molecule has 2 aromatic rings. The molecule has 0 atom stereocenters. The molecule has 1 heterocycles. The molecule has 2 aromatic carbocycles. The third kappa shape index (κ3) is 9.10. The van der Waals surface area contributed by atoms with Gasteiger partial charge in [-0.25, -0.2) is 13.2 Å². The van der Waals surface area contributed by atoms with Crippen LogP contribution in [0.2, 0.25) is 0 Å². The van der Waals surface area contributed by atoms with Crippen molar-refractivity contribution in [3.63, 3.8) is 0 Å². The van der Waals surface area contributed by atoms with Crippen LogP contribution in [0.1, 0.15) is 28.7 Å². The highest BCUT2D eigenvalue weighted by Gasteiger charge is 2.38. The molecule has 1 amide bonds. The Morgan fingerprint density at radius 1 is 1.00 bits per heavy atom. The van der Waals surface area contributed by atoms with E-state index in [0.717, 1.165) is 35.3 Å². The van der Waals surface area contributed by atoms with E-state index in [-0.39, 0.29) is 18.9 Å². The summed E-state index contributed by atoms with van der Waals surface area (Å²) in [5, 5.41) is 10.4. The highest BCUT2D eigenvalue weighted by Crippen LogP contribution is 2.26. The van der Waals surface area contributed by atoms with Crippen molar-refractivity contribution in [2.45, 2.75) is 44.7 Å². The minimum atomic E-state index is -5.08. The van der Waals surface area contributed by atoms with Gasteiger partial charge in [-0.3, -0.25) is 4.79 Å². The van der Waals surface area contributed by atoms with Crippen molar-refractivity contribution < 1.29 is 36.3 Å². The maximum atomic E-state index is 13.7. The van der Waals surface area contributed by atoms with Gasteiger partial charge in [0.05, 0.1) is 4.90 Å². The molecule has 0 radical (unpaired) electrons. The third-order valence-corrected chi connectivity index (χ3v) is 8.19. The molecule has 38 heavy (non-hydrogen) atoms. The number of amides is 1. The van der Waals surface area contributed by atoms with Gasteiger partial charge in [-0.05, 0) is 43.9 Å². The average molecular weight is 558 g/mol. The van der Waals surface area contributed by atoms with E-state index < -0.39 is 22.2 Å². The van der Waals surface area contributed by atoms with Crippen LogP contribution in [-0.4, -0.2) is 80.1 Å². The number of carbonyl (C=O) groups excluding carboxylic acids is 1. The van der Waals surface area contributed by atoms with Crippen LogP contribution in [0.25, 0.3) is 0 Å². The Morgan fingerprint density at radius 3 is 2.03 bits per heavy atom.